The molecule has 32 heavy (non-hydrogen) atoms. The van der Waals surface area contributed by atoms with Crippen LogP contribution in [0.2, 0.25) is 0 Å². The molecule has 0 aliphatic heterocycles. The van der Waals surface area contributed by atoms with Gasteiger partial charge in [-0.1, -0.05) is 58.4 Å². The van der Waals surface area contributed by atoms with Crippen LogP contribution in [-0.4, -0.2) is 11.9 Å². The van der Waals surface area contributed by atoms with Crippen LogP contribution in [-0.2, 0) is 12.8 Å². The van der Waals surface area contributed by atoms with Crippen LogP contribution in [0.3, 0.4) is 0 Å². The molecule has 180 valence electrons. The number of hydrogen-bond acceptors (Lipinski definition) is 4. The second kappa shape index (κ2) is 14.2. The van der Waals surface area contributed by atoms with Crippen LogP contribution in [0.5, 0.6) is 0 Å². The first kappa shape index (κ1) is 28.0. The molecule has 0 aromatic carbocycles. The summed E-state index contributed by atoms with van der Waals surface area (Å²) < 4.78 is 38.1. The van der Waals surface area contributed by atoms with Gasteiger partial charge in [0.15, 0.2) is 0 Å². The molecule has 5 N–H and O–H groups in total. The third-order valence-electron chi connectivity index (χ3n) is 5.26. The van der Waals surface area contributed by atoms with E-state index in [4.69, 9.17) is 16.9 Å². The van der Waals surface area contributed by atoms with Gasteiger partial charge < -0.3 is 11.5 Å². The maximum absolute atomic E-state index is 12.7. The summed E-state index contributed by atoms with van der Waals surface area (Å²) in [6.07, 6.45) is 10.8. The Kier molecular flexibility index (Phi) is 12.4. The summed E-state index contributed by atoms with van der Waals surface area (Å²) in [5.41, 5.74) is 11.3. The Hall–Kier alpha value is -2.02. The average Bonchev–Trinajstić information content (AvgIpc) is 3.14. The van der Waals surface area contributed by atoms with E-state index in [0.29, 0.717) is 6.08 Å². The summed E-state index contributed by atoms with van der Waals surface area (Å²) in [4.78, 5) is 2.42. The first-order valence-corrected chi connectivity index (χ1v) is 12.3. The van der Waals surface area contributed by atoms with E-state index in [1.807, 2.05) is 13.0 Å². The molecule has 1 aromatic heterocycles. The Morgan fingerprint density at radius 1 is 0.969 bits per heavy atom. The van der Waals surface area contributed by atoms with Crippen LogP contribution in [0.15, 0.2) is 35.7 Å². The van der Waals surface area contributed by atoms with Crippen molar-refractivity contribution >= 4 is 22.6 Å². The second-order valence-electron chi connectivity index (χ2n) is 8.04. The van der Waals surface area contributed by atoms with E-state index < -0.39 is 17.6 Å². The molecule has 1 rings (SSSR count). The summed E-state index contributed by atoms with van der Waals surface area (Å²) in [6.45, 7) is 6.26. The third kappa shape index (κ3) is 9.63. The lowest BCUT2D eigenvalue weighted by Gasteiger charge is -2.09. The molecule has 1 heterocycles. The van der Waals surface area contributed by atoms with E-state index in [2.05, 4.69) is 19.9 Å². The van der Waals surface area contributed by atoms with Crippen LogP contribution in [0, 0.1) is 5.41 Å². The minimum absolute atomic E-state index is 0.0415. The number of rotatable bonds is 14. The highest BCUT2D eigenvalue weighted by molar-refractivity contribution is 7.13. The van der Waals surface area contributed by atoms with Crippen molar-refractivity contribution in [3.63, 3.8) is 0 Å². The molecule has 0 aliphatic carbocycles. The molecule has 0 aliphatic rings. The van der Waals surface area contributed by atoms with Crippen LogP contribution < -0.4 is 11.5 Å². The molecule has 0 spiro atoms. The Labute approximate surface area is 195 Å². The van der Waals surface area contributed by atoms with Gasteiger partial charge in [-0.15, -0.1) is 11.3 Å². The molecular weight excluding hydrogens is 431 g/mol. The van der Waals surface area contributed by atoms with E-state index in [-0.39, 0.29) is 5.70 Å². The molecule has 7 heteroatoms. The molecule has 0 fully saturated rings. The number of nitrogens with two attached hydrogens (primary N) is 2. The molecule has 3 nitrogen and oxygen atoms in total. The molecule has 0 radical (unpaired) electrons. The Morgan fingerprint density at radius 3 is 2.09 bits per heavy atom. The summed E-state index contributed by atoms with van der Waals surface area (Å²) in [5, 5.41) is 7.91. The Morgan fingerprint density at radius 2 is 1.56 bits per heavy atom. The van der Waals surface area contributed by atoms with Crippen LogP contribution >= 0.6 is 11.3 Å². The van der Waals surface area contributed by atoms with E-state index >= 15 is 0 Å². The zero-order chi connectivity index (χ0) is 24.1. The lowest BCUT2D eigenvalue weighted by Crippen LogP contribution is -2.21. The summed E-state index contributed by atoms with van der Waals surface area (Å²) in [6, 6.07) is 2.28. The van der Waals surface area contributed by atoms with Gasteiger partial charge in [-0.3, -0.25) is 5.41 Å². The normalized spacial score (nSPS) is 13.6. The van der Waals surface area contributed by atoms with E-state index in [9.17, 15) is 13.2 Å². The van der Waals surface area contributed by atoms with Crippen molar-refractivity contribution in [1.29, 1.82) is 5.41 Å². The van der Waals surface area contributed by atoms with Crippen molar-refractivity contribution in [2.45, 2.75) is 91.2 Å². The van der Waals surface area contributed by atoms with Crippen molar-refractivity contribution in [3.8, 4) is 0 Å². The van der Waals surface area contributed by atoms with Gasteiger partial charge in [-0.2, -0.15) is 13.2 Å². The summed E-state index contributed by atoms with van der Waals surface area (Å²) in [5.74, 6) is 0. The van der Waals surface area contributed by atoms with Crippen molar-refractivity contribution in [1.82, 2.24) is 0 Å². The number of hydrogen-bond donors (Lipinski definition) is 3. The van der Waals surface area contributed by atoms with Crippen LogP contribution in [0.4, 0.5) is 13.2 Å². The maximum atomic E-state index is 12.7. The first-order valence-electron chi connectivity index (χ1n) is 11.5. The van der Waals surface area contributed by atoms with Crippen molar-refractivity contribution in [3.05, 3.63) is 51.0 Å². The Balaban J connectivity index is 3.13. The molecule has 0 amide bonds. The van der Waals surface area contributed by atoms with Gasteiger partial charge in [0.05, 0.1) is 11.4 Å². The highest BCUT2D eigenvalue weighted by Crippen LogP contribution is 2.33. The minimum Gasteiger partial charge on any atom is -0.397 e. The van der Waals surface area contributed by atoms with E-state index in [1.165, 1.54) is 49.0 Å². The monoisotopic (exact) mass is 469 g/mol. The molecule has 0 bridgehead atoms. The van der Waals surface area contributed by atoms with Gasteiger partial charge in [0.2, 0.25) is 0 Å². The predicted octanol–water partition coefficient (Wildman–Crippen LogP) is 7.66. The zero-order valence-corrected chi connectivity index (χ0v) is 20.4. The number of thiophene rings is 1. The fourth-order valence-electron chi connectivity index (χ4n) is 3.35. The fraction of sp³-hybridized carbons (Fsp3) is 0.560. The number of allylic oxidation sites excluding steroid dienone is 5. The summed E-state index contributed by atoms with van der Waals surface area (Å²) in [7, 11) is 0. The quantitative estimate of drug-likeness (QED) is 0.149. The fourth-order valence-corrected chi connectivity index (χ4v) is 4.65. The molecular formula is C25H38F3N3S. The second-order valence-corrected chi connectivity index (χ2v) is 9.18. The molecule has 0 saturated heterocycles. The number of halogens is 3. The molecule has 0 saturated carbocycles. The number of unbranched alkanes of at least 4 members (excludes halogenated alkanes) is 6. The minimum atomic E-state index is -4.68. The smallest absolute Gasteiger partial charge is 0.397 e. The SMILES string of the molecule is C/C=C(\C=C(/N)C(=N)C=C(N)C(F)(F)F)c1sc(CCCCCC)cc1CCCCCC. The van der Waals surface area contributed by atoms with E-state index in [1.54, 1.807) is 17.4 Å². The maximum Gasteiger partial charge on any atom is 0.430 e. The first-order chi connectivity index (χ1) is 15.1. The average molecular weight is 470 g/mol. The highest BCUT2D eigenvalue weighted by Gasteiger charge is 2.31. The molecule has 1 aromatic rings. The summed E-state index contributed by atoms with van der Waals surface area (Å²) >= 11 is 1.73. The zero-order valence-electron chi connectivity index (χ0n) is 19.6. The number of alkyl halides is 3. The van der Waals surface area contributed by atoms with Gasteiger partial charge in [0.25, 0.3) is 0 Å². The topological polar surface area (TPSA) is 75.9 Å². The van der Waals surface area contributed by atoms with Gasteiger partial charge in [0.1, 0.15) is 5.70 Å². The third-order valence-corrected chi connectivity index (χ3v) is 6.54. The van der Waals surface area contributed by atoms with Gasteiger partial charge in [-0.05, 0) is 62.0 Å². The van der Waals surface area contributed by atoms with Crippen molar-refractivity contribution in [2.75, 3.05) is 0 Å². The lowest BCUT2D eigenvalue weighted by atomic mass is 10.0. The van der Waals surface area contributed by atoms with Crippen LogP contribution in [0.1, 0.15) is 87.5 Å². The Bertz CT molecular complexity index is 817. The standard InChI is InChI=1S/C25H38F3N3S/c1-4-7-9-11-13-19-15-20(14-12-10-8-5-2)32-24(19)18(6-3)16-21(29)22(30)17-23(31)25(26,27)28/h6,15-17,30H,4-5,7-14,29,31H2,1-3H3/b18-6+,21-16-,23-17?,30-22?. The number of nitrogens with one attached hydrogen (secondary N) is 1. The van der Waals surface area contributed by atoms with Gasteiger partial charge >= 0.3 is 6.18 Å². The lowest BCUT2D eigenvalue weighted by molar-refractivity contribution is -0.0925. The van der Waals surface area contributed by atoms with Crippen LogP contribution in [0.25, 0.3) is 5.57 Å². The highest BCUT2D eigenvalue weighted by atomic mass is 32.1. The van der Waals surface area contributed by atoms with Crippen molar-refractivity contribution in [2.24, 2.45) is 11.5 Å². The van der Waals surface area contributed by atoms with Crippen molar-refractivity contribution < 1.29 is 13.2 Å². The van der Waals surface area contributed by atoms with Gasteiger partial charge in [0, 0.05) is 9.75 Å². The van der Waals surface area contributed by atoms with Gasteiger partial charge in [-0.25, -0.2) is 0 Å². The largest absolute Gasteiger partial charge is 0.430 e. The predicted molar refractivity (Wildman–Crippen MR) is 132 cm³/mol. The van der Waals surface area contributed by atoms with E-state index in [0.717, 1.165) is 36.1 Å². The number of aryl methyl sites for hydroxylation is 2. The molecule has 0 unspecified atom stereocenters. The molecule has 0 atom stereocenters.